The number of carbonyl (C=O) groups excluding carboxylic acids is 1. The second-order valence-electron chi connectivity index (χ2n) is 4.69. The maximum absolute atomic E-state index is 12.7. The molecule has 1 heterocycles. The fourth-order valence-electron chi connectivity index (χ4n) is 1.89. The molecule has 0 aliphatic heterocycles. The zero-order valence-corrected chi connectivity index (χ0v) is 13.6. The number of nitrogens with zero attached hydrogens (tertiary/aromatic N) is 3. The maximum atomic E-state index is 12.7. The van der Waals surface area contributed by atoms with Crippen LogP contribution in [0, 0.1) is 0 Å². The molecule has 0 radical (unpaired) electrons. The summed E-state index contributed by atoms with van der Waals surface area (Å²) in [6.45, 7) is -2.75. The second-order valence-corrected chi connectivity index (χ2v) is 5.51. The summed E-state index contributed by atoms with van der Waals surface area (Å²) in [7, 11) is 1.49. The molecule has 0 fully saturated rings. The minimum absolute atomic E-state index is 0.0449. The lowest BCUT2D eigenvalue weighted by atomic mass is 10.2. The van der Waals surface area contributed by atoms with E-state index in [9.17, 15) is 13.6 Å². The van der Waals surface area contributed by atoms with Crippen LogP contribution in [0.5, 0.6) is 0 Å². The van der Waals surface area contributed by atoms with Gasteiger partial charge in [-0.3, -0.25) is 9.36 Å². The van der Waals surface area contributed by atoms with E-state index in [1.54, 1.807) is 18.2 Å². The SMILES string of the molecule is CN(Cc1nccn1C(F)F)C(=O)/C=C/c1c(Cl)cccc1Cl. The smallest absolute Gasteiger partial charge is 0.319 e. The molecule has 4 nitrogen and oxygen atoms in total. The van der Waals surface area contributed by atoms with E-state index in [0.29, 0.717) is 20.2 Å². The van der Waals surface area contributed by atoms with E-state index >= 15 is 0 Å². The van der Waals surface area contributed by atoms with Gasteiger partial charge in [0.25, 0.3) is 0 Å². The quantitative estimate of drug-likeness (QED) is 0.748. The number of aromatic nitrogens is 2. The van der Waals surface area contributed by atoms with Crippen molar-refractivity contribution in [3.05, 3.63) is 58.1 Å². The van der Waals surface area contributed by atoms with Crippen LogP contribution in [0.1, 0.15) is 17.9 Å². The van der Waals surface area contributed by atoms with E-state index in [0.717, 1.165) is 6.20 Å². The molecule has 2 rings (SSSR count). The lowest BCUT2D eigenvalue weighted by Gasteiger charge is -2.15. The first-order chi connectivity index (χ1) is 10.9. The number of rotatable bonds is 5. The Balaban J connectivity index is 2.08. The Labute approximate surface area is 141 Å². The van der Waals surface area contributed by atoms with Crippen LogP contribution in [-0.2, 0) is 11.3 Å². The van der Waals surface area contributed by atoms with Crippen molar-refractivity contribution < 1.29 is 13.6 Å². The van der Waals surface area contributed by atoms with Crippen molar-refractivity contribution in [2.75, 3.05) is 7.05 Å². The van der Waals surface area contributed by atoms with Crippen LogP contribution in [0.3, 0.4) is 0 Å². The average molecular weight is 360 g/mol. The van der Waals surface area contributed by atoms with Crippen LogP contribution < -0.4 is 0 Å². The fraction of sp³-hybridized carbons (Fsp3) is 0.200. The highest BCUT2D eigenvalue weighted by molar-refractivity contribution is 6.37. The largest absolute Gasteiger partial charge is 0.335 e. The van der Waals surface area contributed by atoms with E-state index in [1.165, 1.54) is 30.3 Å². The molecule has 0 atom stereocenters. The van der Waals surface area contributed by atoms with Crippen molar-refractivity contribution >= 4 is 35.2 Å². The third-order valence-electron chi connectivity index (χ3n) is 3.11. The molecule has 0 aliphatic rings. The van der Waals surface area contributed by atoms with Gasteiger partial charge in [-0.05, 0) is 18.2 Å². The minimum Gasteiger partial charge on any atom is -0.335 e. The topological polar surface area (TPSA) is 38.1 Å². The summed E-state index contributed by atoms with van der Waals surface area (Å²) in [6.07, 6.45) is 5.20. The molecule has 0 aliphatic carbocycles. The molecule has 23 heavy (non-hydrogen) atoms. The number of imidazole rings is 1. The van der Waals surface area contributed by atoms with Crippen LogP contribution in [0.4, 0.5) is 8.78 Å². The van der Waals surface area contributed by atoms with Crippen molar-refractivity contribution in [2.24, 2.45) is 0 Å². The van der Waals surface area contributed by atoms with Gasteiger partial charge in [0.1, 0.15) is 5.82 Å². The van der Waals surface area contributed by atoms with Crippen LogP contribution in [0.2, 0.25) is 10.0 Å². The first-order valence-corrected chi connectivity index (χ1v) is 7.32. The van der Waals surface area contributed by atoms with Crippen molar-refractivity contribution in [1.29, 1.82) is 0 Å². The second kappa shape index (κ2) is 7.57. The standard InChI is InChI=1S/C15H13Cl2F2N3O/c1-21(9-13-20-7-8-22(13)15(18)19)14(23)6-5-10-11(16)3-2-4-12(10)17/h2-8,15H,9H2,1H3/b6-5+. The Morgan fingerprint density at radius 2 is 2.04 bits per heavy atom. The van der Waals surface area contributed by atoms with Gasteiger partial charge in [-0.15, -0.1) is 0 Å². The Hall–Kier alpha value is -1.92. The predicted molar refractivity (Wildman–Crippen MR) is 85.5 cm³/mol. The van der Waals surface area contributed by atoms with Crippen molar-refractivity contribution in [1.82, 2.24) is 14.5 Å². The number of likely N-dealkylation sites (N-methyl/N-ethyl adjacent to an activating group) is 1. The number of hydrogen-bond donors (Lipinski definition) is 0. The van der Waals surface area contributed by atoms with E-state index in [-0.39, 0.29) is 18.3 Å². The molecule has 1 amide bonds. The third kappa shape index (κ3) is 4.30. The van der Waals surface area contributed by atoms with Gasteiger partial charge in [-0.25, -0.2) is 4.98 Å². The molecule has 0 unspecified atom stereocenters. The summed E-state index contributed by atoms with van der Waals surface area (Å²) in [6, 6.07) is 5.00. The highest BCUT2D eigenvalue weighted by Gasteiger charge is 2.15. The number of amides is 1. The summed E-state index contributed by atoms with van der Waals surface area (Å²) >= 11 is 12.0. The first-order valence-electron chi connectivity index (χ1n) is 6.57. The first kappa shape index (κ1) is 17.4. The van der Waals surface area contributed by atoms with Crippen molar-refractivity contribution in [2.45, 2.75) is 13.1 Å². The molecular formula is C15H13Cl2F2N3O. The zero-order valence-electron chi connectivity index (χ0n) is 12.1. The van der Waals surface area contributed by atoms with Crippen molar-refractivity contribution in [3.63, 3.8) is 0 Å². The molecule has 122 valence electrons. The van der Waals surface area contributed by atoms with Crippen LogP contribution in [-0.4, -0.2) is 27.4 Å². The molecule has 0 bridgehead atoms. The van der Waals surface area contributed by atoms with Gasteiger partial charge >= 0.3 is 6.55 Å². The van der Waals surface area contributed by atoms with Crippen LogP contribution >= 0.6 is 23.2 Å². The molecule has 0 saturated heterocycles. The van der Waals surface area contributed by atoms with E-state index in [2.05, 4.69) is 4.98 Å². The van der Waals surface area contributed by atoms with E-state index in [4.69, 9.17) is 23.2 Å². The summed E-state index contributed by atoms with van der Waals surface area (Å²) in [5.74, 6) is -0.287. The summed E-state index contributed by atoms with van der Waals surface area (Å²) < 4.78 is 26.2. The molecule has 1 aromatic heterocycles. The summed E-state index contributed by atoms with van der Waals surface area (Å²) in [5.41, 5.74) is 0.520. The zero-order chi connectivity index (χ0) is 17.0. The summed E-state index contributed by atoms with van der Waals surface area (Å²) in [5, 5.41) is 0.829. The van der Waals surface area contributed by atoms with Gasteiger partial charge in [0.2, 0.25) is 5.91 Å². The van der Waals surface area contributed by atoms with Gasteiger partial charge in [0, 0.05) is 41.1 Å². The minimum atomic E-state index is -2.70. The monoisotopic (exact) mass is 359 g/mol. The highest BCUT2D eigenvalue weighted by Crippen LogP contribution is 2.25. The number of hydrogen-bond acceptors (Lipinski definition) is 2. The molecule has 8 heteroatoms. The van der Waals surface area contributed by atoms with Gasteiger partial charge in [0.05, 0.1) is 6.54 Å². The Morgan fingerprint density at radius 3 is 2.65 bits per heavy atom. The number of alkyl halides is 2. The Morgan fingerprint density at radius 1 is 1.39 bits per heavy atom. The molecule has 1 aromatic carbocycles. The number of benzene rings is 1. The van der Waals surface area contributed by atoms with Gasteiger partial charge in [-0.1, -0.05) is 29.3 Å². The molecule has 0 N–H and O–H groups in total. The summed E-state index contributed by atoms with van der Waals surface area (Å²) in [4.78, 5) is 17.2. The fourth-order valence-corrected chi connectivity index (χ4v) is 2.41. The normalized spacial score (nSPS) is 11.4. The number of carbonyl (C=O) groups is 1. The Bertz CT molecular complexity index is 711. The van der Waals surface area contributed by atoms with Gasteiger partial charge in [-0.2, -0.15) is 8.78 Å². The van der Waals surface area contributed by atoms with Crippen molar-refractivity contribution in [3.8, 4) is 0 Å². The molecule has 0 saturated carbocycles. The van der Waals surface area contributed by atoms with E-state index in [1.807, 2.05) is 0 Å². The lowest BCUT2D eigenvalue weighted by molar-refractivity contribution is -0.125. The van der Waals surface area contributed by atoms with E-state index < -0.39 is 6.55 Å². The van der Waals surface area contributed by atoms with Crippen LogP contribution in [0.25, 0.3) is 6.08 Å². The molecule has 2 aromatic rings. The Kier molecular flexibility index (Phi) is 5.74. The van der Waals surface area contributed by atoms with Gasteiger partial charge in [0.15, 0.2) is 0 Å². The maximum Gasteiger partial charge on any atom is 0.319 e. The molecular weight excluding hydrogens is 347 g/mol. The molecule has 0 spiro atoms. The number of halogens is 4. The third-order valence-corrected chi connectivity index (χ3v) is 3.77. The lowest BCUT2D eigenvalue weighted by Crippen LogP contribution is -2.26. The predicted octanol–water partition coefficient (Wildman–Crippen LogP) is 4.26. The highest BCUT2D eigenvalue weighted by atomic mass is 35.5. The van der Waals surface area contributed by atoms with Gasteiger partial charge < -0.3 is 4.90 Å². The van der Waals surface area contributed by atoms with Crippen LogP contribution in [0.15, 0.2) is 36.7 Å². The average Bonchev–Trinajstić information content (AvgIpc) is 2.94.